The maximum atomic E-state index is 13.0. The van der Waals surface area contributed by atoms with Crippen LogP contribution in [0.15, 0.2) is 72.9 Å². The van der Waals surface area contributed by atoms with E-state index in [-0.39, 0.29) is 17.9 Å². The first-order valence-corrected chi connectivity index (χ1v) is 10.7. The molecular formula is C22H17N3O4S. The molecule has 0 atom stereocenters. The van der Waals surface area contributed by atoms with Gasteiger partial charge in [0.25, 0.3) is 5.91 Å². The van der Waals surface area contributed by atoms with Crippen LogP contribution in [0.1, 0.15) is 15.9 Å². The van der Waals surface area contributed by atoms with Crippen molar-refractivity contribution in [1.29, 1.82) is 5.26 Å². The van der Waals surface area contributed by atoms with E-state index >= 15 is 0 Å². The molecule has 0 fully saturated rings. The molecule has 0 spiro atoms. The number of fused-ring (bicyclic) bond motifs is 3. The van der Waals surface area contributed by atoms with Crippen molar-refractivity contribution in [3.63, 3.8) is 0 Å². The summed E-state index contributed by atoms with van der Waals surface area (Å²) in [5.74, 6) is -0.529. The molecule has 1 N–H and O–H groups in total. The maximum absolute atomic E-state index is 13.0. The fraction of sp³-hybridized carbons (Fsp3) is 0.0909. The Labute approximate surface area is 173 Å². The second-order valence-corrected chi connectivity index (χ2v) is 8.36. The summed E-state index contributed by atoms with van der Waals surface area (Å²) in [6.07, 6.45) is 1.67. The molecule has 30 heavy (non-hydrogen) atoms. The Hall–Kier alpha value is -3.83. The number of pyridine rings is 1. The summed E-state index contributed by atoms with van der Waals surface area (Å²) >= 11 is 0. The van der Waals surface area contributed by atoms with Crippen molar-refractivity contribution in [2.75, 3.05) is 6.61 Å². The Morgan fingerprint density at radius 1 is 1.00 bits per heavy atom. The van der Waals surface area contributed by atoms with Gasteiger partial charge in [0.1, 0.15) is 11.8 Å². The maximum Gasteiger partial charge on any atom is 0.267 e. The van der Waals surface area contributed by atoms with Gasteiger partial charge in [0.15, 0.2) is 6.61 Å². The predicted octanol–water partition coefficient (Wildman–Crippen LogP) is 3.25. The number of benzene rings is 2. The quantitative estimate of drug-likeness (QED) is 0.517. The molecule has 1 amide bonds. The lowest BCUT2D eigenvalue weighted by Crippen LogP contribution is -2.31. The van der Waals surface area contributed by atoms with Gasteiger partial charge in [0.05, 0.1) is 28.5 Å². The number of carbonyl (C=O) groups is 1. The first-order chi connectivity index (χ1) is 14.5. The zero-order valence-corrected chi connectivity index (χ0v) is 16.6. The number of ether oxygens (including phenoxy) is 1. The van der Waals surface area contributed by atoms with Crippen LogP contribution in [0, 0.1) is 11.3 Å². The molecule has 2 aromatic heterocycles. The number of aromatic nitrogens is 1. The fourth-order valence-electron chi connectivity index (χ4n) is 3.38. The summed E-state index contributed by atoms with van der Waals surface area (Å²) < 4.78 is 34.4. The van der Waals surface area contributed by atoms with Gasteiger partial charge in [-0.05, 0) is 23.8 Å². The van der Waals surface area contributed by atoms with Crippen LogP contribution in [0.2, 0.25) is 0 Å². The summed E-state index contributed by atoms with van der Waals surface area (Å²) in [6.45, 7) is -0.101. The number of sulfonamides is 1. The summed E-state index contributed by atoms with van der Waals surface area (Å²) in [6, 6.07) is 21.1. The van der Waals surface area contributed by atoms with Gasteiger partial charge in [-0.1, -0.05) is 48.5 Å². The summed E-state index contributed by atoms with van der Waals surface area (Å²) in [5, 5.41) is 9.33. The zero-order chi connectivity index (χ0) is 21.1. The largest absolute Gasteiger partial charge is 0.477 e. The first kappa shape index (κ1) is 19.5. The molecule has 0 aliphatic rings. The lowest BCUT2D eigenvalue weighted by Gasteiger charge is -2.08. The van der Waals surface area contributed by atoms with E-state index in [2.05, 4.69) is 4.72 Å². The van der Waals surface area contributed by atoms with Crippen LogP contribution >= 0.6 is 0 Å². The lowest BCUT2D eigenvalue weighted by molar-refractivity contribution is 0.0984. The third-order valence-electron chi connectivity index (χ3n) is 4.59. The fourth-order valence-corrected chi connectivity index (χ4v) is 4.47. The van der Waals surface area contributed by atoms with Crippen molar-refractivity contribution in [3.05, 3.63) is 84.1 Å². The summed E-state index contributed by atoms with van der Waals surface area (Å²) in [4.78, 5) is 13.0. The molecule has 0 radical (unpaired) electrons. The van der Waals surface area contributed by atoms with Crippen LogP contribution in [0.4, 0.5) is 0 Å². The minimum absolute atomic E-state index is 0.101. The Morgan fingerprint density at radius 3 is 2.50 bits per heavy atom. The zero-order valence-electron chi connectivity index (χ0n) is 15.8. The molecule has 0 saturated heterocycles. The Bertz CT molecular complexity index is 1390. The number of nitriles is 1. The molecule has 0 aliphatic heterocycles. The van der Waals surface area contributed by atoms with Gasteiger partial charge in [0.2, 0.25) is 10.0 Å². The number of hydrogen-bond acceptors (Lipinski definition) is 5. The molecule has 4 rings (SSSR count). The molecule has 150 valence electrons. The minimum atomic E-state index is -3.89. The van der Waals surface area contributed by atoms with Crippen molar-refractivity contribution in [1.82, 2.24) is 9.12 Å². The molecule has 7 nitrogen and oxygen atoms in total. The predicted molar refractivity (Wildman–Crippen MR) is 113 cm³/mol. The molecule has 2 aromatic carbocycles. The average Bonchev–Trinajstić information content (AvgIpc) is 3.06. The Kier molecular flexibility index (Phi) is 5.12. The summed E-state index contributed by atoms with van der Waals surface area (Å²) in [5.41, 5.74) is 2.10. The third kappa shape index (κ3) is 3.83. The highest BCUT2D eigenvalue weighted by molar-refractivity contribution is 7.89. The van der Waals surface area contributed by atoms with Gasteiger partial charge >= 0.3 is 0 Å². The van der Waals surface area contributed by atoms with Crippen LogP contribution in [0.5, 0.6) is 5.75 Å². The Morgan fingerprint density at radius 2 is 1.73 bits per heavy atom. The monoisotopic (exact) mass is 419 g/mol. The van der Waals surface area contributed by atoms with Gasteiger partial charge in [0, 0.05) is 5.39 Å². The highest BCUT2D eigenvalue weighted by Gasteiger charge is 2.23. The number of para-hydroxylation sites is 1. The van der Waals surface area contributed by atoms with Crippen molar-refractivity contribution in [3.8, 4) is 11.8 Å². The van der Waals surface area contributed by atoms with Crippen molar-refractivity contribution in [2.45, 2.75) is 5.75 Å². The van der Waals surface area contributed by atoms with Crippen LogP contribution in [-0.2, 0) is 15.8 Å². The Balaban J connectivity index is 1.74. The lowest BCUT2D eigenvalue weighted by atomic mass is 10.1. The van der Waals surface area contributed by atoms with E-state index in [4.69, 9.17) is 10.00 Å². The molecule has 2 heterocycles. The van der Waals surface area contributed by atoms with Crippen molar-refractivity contribution >= 4 is 32.4 Å². The second kappa shape index (κ2) is 7.89. The average molecular weight is 419 g/mol. The van der Waals surface area contributed by atoms with Gasteiger partial charge in [-0.25, -0.2) is 13.1 Å². The van der Waals surface area contributed by atoms with E-state index in [1.807, 2.05) is 18.2 Å². The molecule has 0 saturated carbocycles. The standard InChI is InChI=1S/C22H17N3O4S/c23-12-13-29-17-10-11-20-21(18-8-4-5-9-19(18)25(20)14-17)22(26)24-30(27,28)15-16-6-2-1-3-7-16/h1-11,14H,13,15H2,(H,24,26). The van der Waals surface area contributed by atoms with E-state index in [0.717, 1.165) is 5.52 Å². The van der Waals surface area contributed by atoms with Gasteiger partial charge in [-0.2, -0.15) is 5.26 Å². The van der Waals surface area contributed by atoms with E-state index < -0.39 is 15.9 Å². The normalized spacial score (nSPS) is 11.3. The van der Waals surface area contributed by atoms with Crippen LogP contribution in [-0.4, -0.2) is 25.3 Å². The minimum Gasteiger partial charge on any atom is -0.477 e. The van der Waals surface area contributed by atoms with Crippen molar-refractivity contribution < 1.29 is 17.9 Å². The second-order valence-electron chi connectivity index (χ2n) is 6.63. The molecule has 0 aliphatic carbocycles. The van der Waals surface area contributed by atoms with Crippen molar-refractivity contribution in [2.24, 2.45) is 0 Å². The molecule has 0 bridgehead atoms. The molecule has 8 heteroatoms. The van der Waals surface area contributed by atoms with Gasteiger partial charge < -0.3 is 9.14 Å². The molecule has 0 unspecified atom stereocenters. The molecule has 4 aromatic rings. The van der Waals surface area contributed by atoms with E-state index in [9.17, 15) is 13.2 Å². The van der Waals surface area contributed by atoms with E-state index in [1.54, 1.807) is 65.2 Å². The third-order valence-corrected chi connectivity index (χ3v) is 5.80. The van der Waals surface area contributed by atoms with Crippen LogP contribution in [0.3, 0.4) is 0 Å². The number of amides is 1. The van der Waals surface area contributed by atoms with E-state index in [1.165, 1.54) is 0 Å². The number of hydrogen-bond donors (Lipinski definition) is 1. The highest BCUT2D eigenvalue weighted by Crippen LogP contribution is 2.29. The van der Waals surface area contributed by atoms with Crippen LogP contribution in [0.25, 0.3) is 16.4 Å². The number of carbonyl (C=O) groups excluding carboxylic acids is 1. The van der Waals surface area contributed by atoms with E-state index in [0.29, 0.717) is 22.2 Å². The first-order valence-electron chi connectivity index (χ1n) is 9.10. The van der Waals surface area contributed by atoms with Gasteiger partial charge in [-0.15, -0.1) is 0 Å². The molecular weight excluding hydrogens is 402 g/mol. The van der Waals surface area contributed by atoms with Crippen LogP contribution < -0.4 is 9.46 Å². The number of rotatable bonds is 6. The van der Waals surface area contributed by atoms with Gasteiger partial charge in [-0.3, -0.25) is 4.79 Å². The number of nitrogens with zero attached hydrogens (tertiary/aromatic N) is 2. The SMILES string of the molecule is N#CCOc1ccc2c(C(=O)NS(=O)(=O)Cc3ccccc3)c3ccccc3n2c1. The topological polar surface area (TPSA) is 101 Å². The number of nitrogens with one attached hydrogen (secondary N) is 1. The smallest absolute Gasteiger partial charge is 0.267 e. The summed E-state index contributed by atoms with van der Waals surface area (Å²) in [7, 11) is -3.89. The highest BCUT2D eigenvalue weighted by atomic mass is 32.2.